The second-order valence-electron chi connectivity index (χ2n) is 4.92. The molecule has 2 aromatic rings. The quantitative estimate of drug-likeness (QED) is 0.854. The summed E-state index contributed by atoms with van der Waals surface area (Å²) >= 11 is 12.0. The van der Waals surface area contributed by atoms with Crippen molar-refractivity contribution in [3.63, 3.8) is 0 Å². The molecule has 0 fully saturated rings. The van der Waals surface area contributed by atoms with Crippen LogP contribution in [0.1, 0.15) is 24.1 Å². The van der Waals surface area contributed by atoms with Gasteiger partial charge in [0.2, 0.25) is 5.88 Å². The summed E-state index contributed by atoms with van der Waals surface area (Å²) in [5.41, 5.74) is 1.68. The van der Waals surface area contributed by atoms with Crippen LogP contribution in [0.5, 0.6) is 5.88 Å². The molecule has 1 unspecified atom stereocenters. The van der Waals surface area contributed by atoms with Crippen molar-refractivity contribution >= 4 is 29.2 Å². The molecule has 2 N–H and O–H groups in total. The zero-order chi connectivity index (χ0) is 16.8. The molecule has 23 heavy (non-hydrogen) atoms. The first-order valence-corrected chi connectivity index (χ1v) is 7.73. The summed E-state index contributed by atoms with van der Waals surface area (Å²) in [4.78, 5) is 16.0. The van der Waals surface area contributed by atoms with Gasteiger partial charge in [0.05, 0.1) is 13.2 Å². The van der Waals surface area contributed by atoms with Gasteiger partial charge in [-0.25, -0.2) is 9.78 Å². The number of aromatic nitrogens is 1. The number of carbonyl (C=O) groups is 1. The van der Waals surface area contributed by atoms with Crippen molar-refractivity contribution in [2.24, 2.45) is 0 Å². The van der Waals surface area contributed by atoms with Crippen LogP contribution in [0.15, 0.2) is 36.5 Å². The lowest BCUT2D eigenvalue weighted by molar-refractivity contribution is 0.237. The second kappa shape index (κ2) is 8.04. The fourth-order valence-corrected chi connectivity index (χ4v) is 2.57. The van der Waals surface area contributed by atoms with Gasteiger partial charge in [-0.2, -0.15) is 0 Å². The SMILES string of the molecule is COc1ccc(CNC(=O)NC(C)c2ccc(Cl)cc2Cl)cn1. The number of pyridine rings is 1. The zero-order valence-corrected chi connectivity index (χ0v) is 14.3. The zero-order valence-electron chi connectivity index (χ0n) is 12.8. The summed E-state index contributed by atoms with van der Waals surface area (Å²) in [6.45, 7) is 2.22. The van der Waals surface area contributed by atoms with E-state index in [1.807, 2.05) is 13.0 Å². The molecule has 0 bridgehead atoms. The minimum atomic E-state index is -0.292. The van der Waals surface area contributed by atoms with Crippen LogP contribution in [-0.2, 0) is 6.54 Å². The van der Waals surface area contributed by atoms with Crippen molar-refractivity contribution in [2.75, 3.05) is 7.11 Å². The predicted octanol–water partition coefficient (Wildman–Crippen LogP) is 3.96. The van der Waals surface area contributed by atoms with E-state index < -0.39 is 0 Å². The number of benzene rings is 1. The van der Waals surface area contributed by atoms with Crippen LogP contribution in [-0.4, -0.2) is 18.1 Å². The van der Waals surface area contributed by atoms with Crippen LogP contribution in [0.4, 0.5) is 4.79 Å². The van der Waals surface area contributed by atoms with E-state index in [0.29, 0.717) is 22.5 Å². The first kappa shape index (κ1) is 17.4. The highest BCUT2D eigenvalue weighted by molar-refractivity contribution is 6.35. The van der Waals surface area contributed by atoms with Crippen molar-refractivity contribution in [1.29, 1.82) is 0 Å². The molecule has 5 nitrogen and oxygen atoms in total. The van der Waals surface area contributed by atoms with Gasteiger partial charge in [0, 0.05) is 28.9 Å². The van der Waals surface area contributed by atoms with E-state index in [-0.39, 0.29) is 12.1 Å². The van der Waals surface area contributed by atoms with Crippen molar-refractivity contribution in [3.05, 3.63) is 57.7 Å². The lowest BCUT2D eigenvalue weighted by Crippen LogP contribution is -2.36. The lowest BCUT2D eigenvalue weighted by Gasteiger charge is -2.16. The smallest absolute Gasteiger partial charge is 0.315 e. The average Bonchev–Trinajstić information content (AvgIpc) is 2.53. The van der Waals surface area contributed by atoms with Gasteiger partial charge in [0.25, 0.3) is 0 Å². The van der Waals surface area contributed by atoms with Crippen LogP contribution < -0.4 is 15.4 Å². The third-order valence-electron chi connectivity index (χ3n) is 3.24. The topological polar surface area (TPSA) is 63.2 Å². The molecule has 1 aromatic heterocycles. The fraction of sp³-hybridized carbons (Fsp3) is 0.250. The molecule has 1 heterocycles. The number of carbonyl (C=O) groups excluding carboxylic acids is 1. The summed E-state index contributed by atoms with van der Waals surface area (Å²) in [5, 5.41) is 6.67. The van der Waals surface area contributed by atoms with Gasteiger partial charge in [0.1, 0.15) is 0 Å². The molecule has 2 amide bonds. The van der Waals surface area contributed by atoms with E-state index in [2.05, 4.69) is 15.6 Å². The Morgan fingerprint density at radius 3 is 2.70 bits per heavy atom. The number of methoxy groups -OCH3 is 1. The van der Waals surface area contributed by atoms with Crippen LogP contribution in [0, 0.1) is 0 Å². The van der Waals surface area contributed by atoms with Gasteiger partial charge in [-0.3, -0.25) is 0 Å². The summed E-state index contributed by atoms with van der Waals surface area (Å²) in [7, 11) is 1.55. The molecule has 0 aliphatic carbocycles. The average molecular weight is 354 g/mol. The van der Waals surface area contributed by atoms with E-state index in [1.54, 1.807) is 37.6 Å². The Balaban J connectivity index is 1.88. The van der Waals surface area contributed by atoms with E-state index in [1.165, 1.54) is 0 Å². The Labute approximate surface area is 145 Å². The minimum absolute atomic E-state index is 0.242. The molecule has 2 rings (SSSR count). The lowest BCUT2D eigenvalue weighted by atomic mass is 10.1. The van der Waals surface area contributed by atoms with Crippen LogP contribution in [0.3, 0.4) is 0 Å². The number of hydrogen-bond acceptors (Lipinski definition) is 3. The molecule has 0 saturated heterocycles. The molecule has 7 heteroatoms. The molecular weight excluding hydrogens is 337 g/mol. The number of nitrogens with zero attached hydrogens (tertiary/aromatic N) is 1. The molecule has 0 radical (unpaired) electrons. The Hall–Kier alpha value is -1.98. The van der Waals surface area contributed by atoms with Crippen molar-refractivity contribution in [3.8, 4) is 5.88 Å². The van der Waals surface area contributed by atoms with E-state index in [9.17, 15) is 4.79 Å². The number of hydrogen-bond donors (Lipinski definition) is 2. The van der Waals surface area contributed by atoms with Gasteiger partial charge < -0.3 is 15.4 Å². The molecule has 0 saturated carbocycles. The Morgan fingerprint density at radius 1 is 1.30 bits per heavy atom. The van der Waals surface area contributed by atoms with Crippen LogP contribution in [0.25, 0.3) is 0 Å². The normalized spacial score (nSPS) is 11.7. The van der Waals surface area contributed by atoms with E-state index in [0.717, 1.165) is 11.1 Å². The van der Waals surface area contributed by atoms with Gasteiger partial charge >= 0.3 is 6.03 Å². The highest BCUT2D eigenvalue weighted by Gasteiger charge is 2.12. The molecule has 0 spiro atoms. The largest absolute Gasteiger partial charge is 0.481 e. The van der Waals surface area contributed by atoms with Gasteiger partial charge in [-0.05, 0) is 30.2 Å². The fourth-order valence-electron chi connectivity index (χ4n) is 2.00. The van der Waals surface area contributed by atoms with Crippen LogP contribution >= 0.6 is 23.2 Å². The number of ether oxygens (including phenoxy) is 1. The van der Waals surface area contributed by atoms with Gasteiger partial charge in [-0.1, -0.05) is 35.3 Å². The highest BCUT2D eigenvalue weighted by atomic mass is 35.5. The Bertz CT molecular complexity index is 678. The molecule has 1 atom stereocenters. The molecule has 1 aromatic carbocycles. The maximum atomic E-state index is 12.0. The van der Waals surface area contributed by atoms with Gasteiger partial charge in [-0.15, -0.1) is 0 Å². The monoisotopic (exact) mass is 353 g/mol. The number of nitrogens with one attached hydrogen (secondary N) is 2. The number of urea groups is 1. The van der Waals surface area contributed by atoms with Crippen molar-refractivity contribution in [2.45, 2.75) is 19.5 Å². The van der Waals surface area contributed by atoms with E-state index >= 15 is 0 Å². The summed E-state index contributed by atoms with van der Waals surface area (Å²) in [6.07, 6.45) is 1.65. The first-order valence-electron chi connectivity index (χ1n) is 6.98. The molecule has 0 aliphatic heterocycles. The van der Waals surface area contributed by atoms with Gasteiger partial charge in [0.15, 0.2) is 0 Å². The maximum absolute atomic E-state index is 12.0. The van der Waals surface area contributed by atoms with Crippen LogP contribution in [0.2, 0.25) is 10.0 Å². The summed E-state index contributed by atoms with van der Waals surface area (Å²) < 4.78 is 4.98. The molecule has 0 aliphatic rings. The minimum Gasteiger partial charge on any atom is -0.481 e. The molecular formula is C16H17Cl2N3O2. The maximum Gasteiger partial charge on any atom is 0.315 e. The second-order valence-corrected chi connectivity index (χ2v) is 5.77. The third kappa shape index (κ3) is 5.01. The van der Waals surface area contributed by atoms with E-state index in [4.69, 9.17) is 27.9 Å². The number of rotatable bonds is 5. The number of halogens is 2. The van der Waals surface area contributed by atoms with Crippen molar-refractivity contribution in [1.82, 2.24) is 15.6 Å². The first-order chi connectivity index (χ1) is 11.0. The molecule has 122 valence electrons. The standard InChI is InChI=1S/C16H17Cl2N3O2/c1-10(13-5-4-12(17)7-14(13)18)21-16(22)20-9-11-3-6-15(23-2)19-8-11/h3-8,10H,9H2,1-2H3,(H2,20,21,22). The number of amides is 2. The summed E-state index contributed by atoms with van der Waals surface area (Å²) in [5.74, 6) is 0.532. The third-order valence-corrected chi connectivity index (χ3v) is 3.80. The predicted molar refractivity (Wildman–Crippen MR) is 91.0 cm³/mol. The van der Waals surface area contributed by atoms with Crippen molar-refractivity contribution < 1.29 is 9.53 Å². The highest BCUT2D eigenvalue weighted by Crippen LogP contribution is 2.25. The Kier molecular flexibility index (Phi) is 6.07. The Morgan fingerprint density at radius 2 is 2.09 bits per heavy atom. The summed E-state index contributed by atoms with van der Waals surface area (Å²) in [6, 6.07) is 8.23.